The molecule has 0 aromatic heterocycles. The first-order chi connectivity index (χ1) is 10.7. The lowest BCUT2D eigenvalue weighted by Gasteiger charge is -2.29. The summed E-state index contributed by atoms with van der Waals surface area (Å²) in [5.41, 5.74) is 0.961. The molecule has 4 heteroatoms. The zero-order valence-electron chi connectivity index (χ0n) is 13.3. The Morgan fingerprint density at radius 1 is 0.773 bits per heavy atom. The van der Waals surface area contributed by atoms with Gasteiger partial charge in [-0.2, -0.15) is 0 Å². The van der Waals surface area contributed by atoms with Crippen LogP contribution in [0.2, 0.25) is 0 Å². The first kappa shape index (κ1) is 15.7. The molecular formula is C18H26F2N2. The molecule has 2 nitrogen and oxygen atoms in total. The van der Waals surface area contributed by atoms with Crippen LogP contribution >= 0.6 is 0 Å². The molecule has 2 aliphatic rings. The third-order valence-electron chi connectivity index (χ3n) is 4.97. The zero-order chi connectivity index (χ0) is 15.4. The molecule has 0 radical (unpaired) electrons. The number of halogens is 2. The van der Waals surface area contributed by atoms with Crippen LogP contribution < -0.4 is 4.90 Å². The lowest BCUT2D eigenvalue weighted by molar-refractivity contribution is 0.230. The number of hydrogen-bond acceptors (Lipinski definition) is 2. The highest BCUT2D eigenvalue weighted by Gasteiger charge is 2.18. The Hall–Kier alpha value is -1.16. The summed E-state index contributed by atoms with van der Waals surface area (Å²) in [6, 6.07) is 3.06. The van der Waals surface area contributed by atoms with Crippen LogP contribution in [0.25, 0.3) is 0 Å². The number of hydrogen-bond donors (Lipinski definition) is 0. The van der Waals surface area contributed by atoms with Crippen molar-refractivity contribution in [3.8, 4) is 0 Å². The second-order valence-corrected chi connectivity index (χ2v) is 6.59. The molecule has 0 unspecified atom stereocenters. The fourth-order valence-electron chi connectivity index (χ4n) is 3.62. The fourth-order valence-corrected chi connectivity index (χ4v) is 3.62. The van der Waals surface area contributed by atoms with E-state index in [1.807, 2.05) is 0 Å². The first-order valence-electron chi connectivity index (χ1n) is 8.69. The standard InChI is InChI=1S/C18H26F2N2/c19-17-13-15(22-10-5-2-6-11-22)14-18(20)16(17)7-12-21-8-3-1-4-9-21/h13-14H,1-12H2. The SMILES string of the molecule is Fc1cc(N2CCCCC2)cc(F)c1CCN1CCCCC1. The van der Waals surface area contributed by atoms with Crippen LogP contribution in [-0.2, 0) is 6.42 Å². The zero-order valence-corrected chi connectivity index (χ0v) is 13.3. The molecule has 0 amide bonds. The van der Waals surface area contributed by atoms with Gasteiger partial charge in [-0.05, 0) is 63.7 Å². The summed E-state index contributed by atoms with van der Waals surface area (Å²) in [4.78, 5) is 4.42. The molecule has 3 rings (SSSR count). The van der Waals surface area contributed by atoms with Crippen molar-refractivity contribution in [2.24, 2.45) is 0 Å². The Kier molecular flexibility index (Phi) is 5.29. The minimum atomic E-state index is -0.377. The van der Waals surface area contributed by atoms with E-state index < -0.39 is 0 Å². The molecule has 0 N–H and O–H groups in total. The summed E-state index contributed by atoms with van der Waals surface area (Å²) in [5, 5.41) is 0. The van der Waals surface area contributed by atoms with Crippen LogP contribution in [0.1, 0.15) is 44.1 Å². The summed E-state index contributed by atoms with van der Waals surface area (Å²) < 4.78 is 28.7. The van der Waals surface area contributed by atoms with Gasteiger partial charge in [0.2, 0.25) is 0 Å². The lowest BCUT2D eigenvalue weighted by Crippen LogP contribution is -2.32. The molecule has 22 heavy (non-hydrogen) atoms. The molecule has 2 fully saturated rings. The van der Waals surface area contributed by atoms with Crippen molar-refractivity contribution in [3.63, 3.8) is 0 Å². The van der Waals surface area contributed by atoms with Crippen molar-refractivity contribution in [3.05, 3.63) is 29.3 Å². The van der Waals surface area contributed by atoms with Gasteiger partial charge in [0.25, 0.3) is 0 Å². The Balaban J connectivity index is 1.66. The Labute approximate surface area is 132 Å². The van der Waals surface area contributed by atoms with Gasteiger partial charge in [-0.3, -0.25) is 0 Å². The number of piperidine rings is 2. The van der Waals surface area contributed by atoms with E-state index in [1.54, 1.807) is 0 Å². The van der Waals surface area contributed by atoms with E-state index in [0.29, 0.717) is 12.1 Å². The van der Waals surface area contributed by atoms with Gasteiger partial charge in [0, 0.05) is 30.9 Å². The predicted octanol–water partition coefficient (Wildman–Crippen LogP) is 3.98. The van der Waals surface area contributed by atoms with Crippen molar-refractivity contribution < 1.29 is 8.78 Å². The normalized spacial score (nSPS) is 20.4. The van der Waals surface area contributed by atoms with E-state index in [2.05, 4.69) is 9.80 Å². The molecule has 0 bridgehead atoms. The van der Waals surface area contributed by atoms with Gasteiger partial charge in [-0.25, -0.2) is 8.78 Å². The first-order valence-corrected chi connectivity index (χ1v) is 8.69. The van der Waals surface area contributed by atoms with Crippen LogP contribution in [-0.4, -0.2) is 37.6 Å². The Morgan fingerprint density at radius 3 is 1.91 bits per heavy atom. The number of likely N-dealkylation sites (tertiary alicyclic amines) is 1. The van der Waals surface area contributed by atoms with Crippen molar-refractivity contribution in [2.45, 2.75) is 44.9 Å². The van der Waals surface area contributed by atoms with Crippen molar-refractivity contribution >= 4 is 5.69 Å². The molecule has 0 spiro atoms. The Bertz CT molecular complexity index is 469. The van der Waals surface area contributed by atoms with Gasteiger partial charge in [0.05, 0.1) is 0 Å². The van der Waals surface area contributed by atoms with Gasteiger partial charge in [-0.15, -0.1) is 0 Å². The largest absolute Gasteiger partial charge is 0.371 e. The second kappa shape index (κ2) is 7.40. The van der Waals surface area contributed by atoms with Crippen LogP contribution in [0, 0.1) is 11.6 Å². The van der Waals surface area contributed by atoms with E-state index in [4.69, 9.17) is 0 Å². The van der Waals surface area contributed by atoms with Gasteiger partial charge in [0.15, 0.2) is 0 Å². The van der Waals surface area contributed by atoms with E-state index in [1.165, 1.54) is 37.8 Å². The number of rotatable bonds is 4. The summed E-state index contributed by atoms with van der Waals surface area (Å²) in [7, 11) is 0. The summed E-state index contributed by atoms with van der Waals surface area (Å²) in [6.07, 6.45) is 7.61. The maximum atomic E-state index is 14.3. The molecule has 1 aromatic rings. The van der Waals surface area contributed by atoms with E-state index >= 15 is 0 Å². The molecular weight excluding hydrogens is 282 g/mol. The van der Waals surface area contributed by atoms with Crippen molar-refractivity contribution in [1.29, 1.82) is 0 Å². The van der Waals surface area contributed by atoms with E-state index in [-0.39, 0.29) is 17.2 Å². The van der Waals surface area contributed by atoms with E-state index in [9.17, 15) is 8.78 Å². The lowest BCUT2D eigenvalue weighted by atomic mass is 10.1. The fraction of sp³-hybridized carbons (Fsp3) is 0.667. The summed E-state index contributed by atoms with van der Waals surface area (Å²) in [6.45, 7) is 4.71. The number of nitrogens with zero attached hydrogens (tertiary/aromatic N) is 2. The molecule has 2 aliphatic heterocycles. The average Bonchev–Trinajstić information content (AvgIpc) is 2.56. The molecule has 0 saturated carbocycles. The minimum absolute atomic E-state index is 0.256. The highest BCUT2D eigenvalue weighted by molar-refractivity contribution is 5.49. The minimum Gasteiger partial charge on any atom is -0.371 e. The molecule has 122 valence electrons. The summed E-state index contributed by atoms with van der Waals surface area (Å²) in [5.74, 6) is -0.754. The molecule has 0 aliphatic carbocycles. The van der Waals surface area contributed by atoms with Crippen LogP contribution in [0.5, 0.6) is 0 Å². The summed E-state index contributed by atoms with van der Waals surface area (Å²) >= 11 is 0. The topological polar surface area (TPSA) is 6.48 Å². The smallest absolute Gasteiger partial charge is 0.131 e. The molecule has 0 atom stereocenters. The maximum Gasteiger partial charge on any atom is 0.131 e. The van der Waals surface area contributed by atoms with Gasteiger partial charge < -0.3 is 9.80 Å². The Morgan fingerprint density at radius 2 is 1.32 bits per heavy atom. The highest BCUT2D eigenvalue weighted by atomic mass is 19.1. The van der Waals surface area contributed by atoms with Crippen molar-refractivity contribution in [2.75, 3.05) is 37.6 Å². The van der Waals surface area contributed by atoms with Crippen LogP contribution in [0.4, 0.5) is 14.5 Å². The van der Waals surface area contributed by atoms with Gasteiger partial charge in [-0.1, -0.05) is 6.42 Å². The van der Waals surface area contributed by atoms with Gasteiger partial charge in [0.1, 0.15) is 11.6 Å². The maximum absolute atomic E-state index is 14.3. The number of benzene rings is 1. The molecule has 2 saturated heterocycles. The van der Waals surface area contributed by atoms with Gasteiger partial charge >= 0.3 is 0 Å². The third-order valence-corrected chi connectivity index (χ3v) is 4.97. The number of anilines is 1. The van der Waals surface area contributed by atoms with Crippen LogP contribution in [0.15, 0.2) is 12.1 Å². The monoisotopic (exact) mass is 308 g/mol. The predicted molar refractivity (Wildman–Crippen MR) is 86.4 cm³/mol. The van der Waals surface area contributed by atoms with Crippen LogP contribution in [0.3, 0.4) is 0 Å². The average molecular weight is 308 g/mol. The second-order valence-electron chi connectivity index (χ2n) is 6.59. The third kappa shape index (κ3) is 3.78. The van der Waals surface area contributed by atoms with Crippen molar-refractivity contribution in [1.82, 2.24) is 4.90 Å². The van der Waals surface area contributed by atoms with E-state index in [0.717, 1.165) is 45.6 Å². The molecule has 2 heterocycles. The highest BCUT2D eigenvalue weighted by Crippen LogP contribution is 2.25. The molecule has 1 aromatic carbocycles. The quantitative estimate of drug-likeness (QED) is 0.830.